The van der Waals surface area contributed by atoms with Crippen molar-refractivity contribution in [1.82, 2.24) is 5.32 Å². The van der Waals surface area contributed by atoms with E-state index in [-0.39, 0.29) is 17.5 Å². The number of rotatable bonds is 8. The second kappa shape index (κ2) is 8.66. The van der Waals surface area contributed by atoms with E-state index in [9.17, 15) is 22.0 Å². The highest BCUT2D eigenvalue weighted by molar-refractivity contribution is 7.92. The fourth-order valence-corrected chi connectivity index (χ4v) is 4.19. The molecule has 26 heavy (non-hydrogen) atoms. The number of hydrogen-bond donors (Lipinski definition) is 1. The molecule has 1 aliphatic rings. The lowest BCUT2D eigenvalue weighted by Gasteiger charge is -2.17. The van der Waals surface area contributed by atoms with Gasteiger partial charge in [-0.3, -0.25) is 4.79 Å². The fourth-order valence-electron chi connectivity index (χ4n) is 2.90. The quantitative estimate of drug-likeness (QED) is 0.737. The Morgan fingerprint density at radius 2 is 1.92 bits per heavy atom. The maximum absolute atomic E-state index is 12.5. The molecular weight excluding hydrogens is 368 g/mol. The van der Waals surface area contributed by atoms with E-state index in [1.807, 2.05) is 0 Å². The second-order valence-corrected chi connectivity index (χ2v) is 8.62. The Labute approximate surface area is 151 Å². The summed E-state index contributed by atoms with van der Waals surface area (Å²) in [7, 11) is -2.50. The number of benzene rings is 1. The zero-order chi connectivity index (χ0) is 19.3. The van der Waals surface area contributed by atoms with Crippen LogP contribution < -0.4 is 14.8 Å². The number of carbonyl (C=O) groups excluding carboxylic acids is 1. The Bertz CT molecular complexity index is 733. The number of methoxy groups -OCH3 is 1. The molecule has 0 radical (unpaired) electrons. The molecule has 2 rings (SSSR count). The van der Waals surface area contributed by atoms with Crippen molar-refractivity contribution in [2.45, 2.75) is 56.3 Å². The zero-order valence-corrected chi connectivity index (χ0v) is 15.5. The van der Waals surface area contributed by atoms with Gasteiger partial charge in [0.2, 0.25) is 5.91 Å². The molecule has 1 aromatic rings. The van der Waals surface area contributed by atoms with Crippen molar-refractivity contribution in [1.29, 1.82) is 0 Å². The summed E-state index contributed by atoms with van der Waals surface area (Å²) >= 11 is 0. The van der Waals surface area contributed by atoms with Crippen LogP contribution in [0.4, 0.5) is 8.78 Å². The van der Waals surface area contributed by atoms with Gasteiger partial charge in [0.1, 0.15) is 5.25 Å². The molecular formula is C17H23F2NO5S. The predicted octanol–water partition coefficient (Wildman–Crippen LogP) is 2.66. The van der Waals surface area contributed by atoms with E-state index in [2.05, 4.69) is 10.1 Å². The maximum atomic E-state index is 12.5. The van der Waals surface area contributed by atoms with Crippen LogP contribution in [-0.4, -0.2) is 39.3 Å². The van der Waals surface area contributed by atoms with Crippen LogP contribution in [0.15, 0.2) is 18.2 Å². The molecule has 0 aliphatic heterocycles. The van der Waals surface area contributed by atoms with Crippen LogP contribution >= 0.6 is 0 Å². The van der Waals surface area contributed by atoms with Crippen LogP contribution in [0.5, 0.6) is 11.5 Å². The number of nitrogens with one attached hydrogen (secondary N) is 1. The first-order valence-electron chi connectivity index (χ1n) is 8.36. The average molecular weight is 391 g/mol. The first-order valence-corrected chi connectivity index (χ1v) is 10.1. The van der Waals surface area contributed by atoms with E-state index in [1.54, 1.807) is 0 Å². The highest BCUT2D eigenvalue weighted by atomic mass is 32.2. The van der Waals surface area contributed by atoms with E-state index in [4.69, 9.17) is 4.74 Å². The SMILES string of the molecule is COc1cc(CS(=O)(=O)[C@H](C)C(=O)NC2CCCC2)ccc1OC(F)F. The molecule has 0 bridgehead atoms. The molecule has 1 fully saturated rings. The first kappa shape index (κ1) is 20.4. The topological polar surface area (TPSA) is 81.7 Å². The average Bonchev–Trinajstić information content (AvgIpc) is 3.07. The summed E-state index contributed by atoms with van der Waals surface area (Å²) in [4.78, 5) is 12.2. The van der Waals surface area contributed by atoms with Crippen LogP contribution in [0.1, 0.15) is 38.2 Å². The summed E-state index contributed by atoms with van der Waals surface area (Å²) in [6.07, 6.45) is 3.78. The van der Waals surface area contributed by atoms with Gasteiger partial charge in [-0.05, 0) is 37.5 Å². The number of amides is 1. The molecule has 0 aromatic heterocycles. The lowest BCUT2D eigenvalue weighted by atomic mass is 10.2. The van der Waals surface area contributed by atoms with Gasteiger partial charge in [0, 0.05) is 6.04 Å². The first-order chi connectivity index (χ1) is 12.2. The fraction of sp³-hybridized carbons (Fsp3) is 0.588. The Hall–Kier alpha value is -1.90. The Kier molecular flexibility index (Phi) is 6.80. The lowest BCUT2D eigenvalue weighted by molar-refractivity contribution is -0.121. The lowest BCUT2D eigenvalue weighted by Crippen LogP contribution is -2.42. The monoisotopic (exact) mass is 391 g/mol. The molecule has 9 heteroatoms. The van der Waals surface area contributed by atoms with E-state index in [0.717, 1.165) is 25.7 Å². The predicted molar refractivity (Wildman–Crippen MR) is 92.1 cm³/mol. The maximum Gasteiger partial charge on any atom is 0.387 e. The minimum Gasteiger partial charge on any atom is -0.493 e. The van der Waals surface area contributed by atoms with Crippen molar-refractivity contribution in [2.24, 2.45) is 0 Å². The molecule has 1 aromatic carbocycles. The standard InChI is InChI=1S/C17H23F2NO5S/c1-11(16(21)20-13-5-3-4-6-13)26(22,23)10-12-7-8-14(25-17(18)19)15(9-12)24-2/h7-9,11,13,17H,3-6,10H2,1-2H3,(H,20,21)/t11-/m1/s1. The summed E-state index contributed by atoms with van der Waals surface area (Å²) in [5.41, 5.74) is 0.323. The molecule has 6 nitrogen and oxygen atoms in total. The van der Waals surface area contributed by atoms with Crippen LogP contribution in [0, 0.1) is 0 Å². The summed E-state index contributed by atoms with van der Waals surface area (Å²) in [5, 5.41) is 1.57. The summed E-state index contributed by atoms with van der Waals surface area (Å²) in [5.74, 6) is -1.10. The minimum absolute atomic E-state index is 0.000982. The van der Waals surface area contributed by atoms with Gasteiger partial charge in [-0.1, -0.05) is 18.9 Å². The van der Waals surface area contributed by atoms with Gasteiger partial charge in [-0.25, -0.2) is 8.42 Å². The van der Waals surface area contributed by atoms with Gasteiger partial charge < -0.3 is 14.8 Å². The molecule has 1 aliphatic carbocycles. The van der Waals surface area contributed by atoms with Gasteiger partial charge in [-0.2, -0.15) is 8.78 Å². The van der Waals surface area contributed by atoms with Crippen molar-refractivity contribution < 1.29 is 31.5 Å². The van der Waals surface area contributed by atoms with Crippen LogP contribution in [-0.2, 0) is 20.4 Å². The van der Waals surface area contributed by atoms with Crippen molar-refractivity contribution in [3.63, 3.8) is 0 Å². The molecule has 0 heterocycles. The number of hydrogen-bond acceptors (Lipinski definition) is 5. The Balaban J connectivity index is 2.08. The van der Waals surface area contributed by atoms with Gasteiger partial charge in [0.05, 0.1) is 12.9 Å². The Morgan fingerprint density at radius 1 is 1.27 bits per heavy atom. The normalized spacial score (nSPS) is 16.5. The van der Waals surface area contributed by atoms with Crippen LogP contribution in [0.25, 0.3) is 0 Å². The Morgan fingerprint density at radius 3 is 2.50 bits per heavy atom. The van der Waals surface area contributed by atoms with E-state index in [0.29, 0.717) is 5.56 Å². The van der Waals surface area contributed by atoms with Crippen molar-refractivity contribution in [3.05, 3.63) is 23.8 Å². The van der Waals surface area contributed by atoms with Gasteiger partial charge in [0.15, 0.2) is 21.3 Å². The van der Waals surface area contributed by atoms with Gasteiger partial charge >= 0.3 is 6.61 Å². The van der Waals surface area contributed by atoms with Crippen LogP contribution in [0.2, 0.25) is 0 Å². The third kappa shape index (κ3) is 5.30. The summed E-state index contributed by atoms with van der Waals surface area (Å²) in [6.45, 7) is -1.66. The number of alkyl halides is 2. The van der Waals surface area contributed by atoms with Crippen molar-refractivity contribution in [3.8, 4) is 11.5 Å². The number of ether oxygens (including phenoxy) is 2. The summed E-state index contributed by atoms with van der Waals surface area (Å²) < 4.78 is 59.0. The van der Waals surface area contributed by atoms with E-state index >= 15 is 0 Å². The third-order valence-electron chi connectivity index (χ3n) is 4.42. The van der Waals surface area contributed by atoms with Crippen molar-refractivity contribution >= 4 is 15.7 Å². The minimum atomic E-state index is -3.77. The molecule has 146 valence electrons. The zero-order valence-electron chi connectivity index (χ0n) is 14.7. The van der Waals surface area contributed by atoms with Crippen molar-refractivity contribution in [2.75, 3.05) is 7.11 Å². The van der Waals surface area contributed by atoms with E-state index in [1.165, 1.54) is 32.2 Å². The molecule has 1 amide bonds. The van der Waals surface area contributed by atoms with Crippen LogP contribution in [0.3, 0.4) is 0 Å². The summed E-state index contributed by atoms with van der Waals surface area (Å²) in [6, 6.07) is 3.93. The number of halogens is 2. The number of sulfone groups is 1. The molecule has 1 atom stereocenters. The largest absolute Gasteiger partial charge is 0.493 e. The second-order valence-electron chi connectivity index (χ2n) is 6.30. The molecule has 1 saturated carbocycles. The highest BCUT2D eigenvalue weighted by Gasteiger charge is 2.30. The molecule has 0 saturated heterocycles. The smallest absolute Gasteiger partial charge is 0.387 e. The van der Waals surface area contributed by atoms with E-state index < -0.39 is 33.4 Å². The molecule has 1 N–H and O–H groups in total. The number of carbonyl (C=O) groups is 1. The van der Waals surface area contributed by atoms with Gasteiger partial charge in [-0.15, -0.1) is 0 Å². The molecule has 0 unspecified atom stereocenters. The molecule has 0 spiro atoms. The van der Waals surface area contributed by atoms with Gasteiger partial charge in [0.25, 0.3) is 0 Å². The highest BCUT2D eigenvalue weighted by Crippen LogP contribution is 2.30. The third-order valence-corrected chi connectivity index (χ3v) is 6.45.